The van der Waals surface area contributed by atoms with E-state index in [4.69, 9.17) is 4.74 Å². The molecular formula is C19H23N3O4S. The maximum Gasteiger partial charge on any atom is 0.256 e. The lowest BCUT2D eigenvalue weighted by Gasteiger charge is -2.34. The molecule has 1 saturated heterocycles. The quantitative estimate of drug-likeness (QED) is 0.868. The van der Waals surface area contributed by atoms with Crippen LogP contribution in [0.4, 0.5) is 5.82 Å². The Kier molecular flexibility index (Phi) is 5.59. The van der Waals surface area contributed by atoms with E-state index in [1.165, 1.54) is 28.6 Å². The lowest BCUT2D eigenvalue weighted by molar-refractivity contribution is -0.0440. The van der Waals surface area contributed by atoms with E-state index in [1.54, 1.807) is 12.3 Å². The van der Waals surface area contributed by atoms with E-state index in [0.29, 0.717) is 24.5 Å². The number of nitrogens with zero attached hydrogens (tertiary/aromatic N) is 2. The van der Waals surface area contributed by atoms with Crippen LogP contribution >= 0.6 is 0 Å². The van der Waals surface area contributed by atoms with Crippen LogP contribution < -0.4 is 5.32 Å². The second-order valence-corrected chi connectivity index (χ2v) is 8.72. The number of carbonyl (C=O) groups is 1. The van der Waals surface area contributed by atoms with Crippen LogP contribution in [0.5, 0.6) is 0 Å². The lowest BCUT2D eigenvalue weighted by atomic mass is 10.2. The minimum absolute atomic E-state index is 0.157. The van der Waals surface area contributed by atoms with Crippen LogP contribution in [0, 0.1) is 6.92 Å². The molecule has 0 radical (unpaired) electrons. The summed E-state index contributed by atoms with van der Waals surface area (Å²) in [5, 5.41) is 2.69. The molecule has 144 valence electrons. The predicted octanol–water partition coefficient (Wildman–Crippen LogP) is 2.44. The fourth-order valence-electron chi connectivity index (χ4n) is 2.98. The Morgan fingerprint density at radius 3 is 2.30 bits per heavy atom. The fourth-order valence-corrected chi connectivity index (χ4v) is 4.58. The number of anilines is 1. The van der Waals surface area contributed by atoms with Gasteiger partial charge in [-0.3, -0.25) is 4.79 Å². The number of benzene rings is 1. The SMILES string of the molecule is Cc1ccc(NC(=O)c2ccc(S(=O)(=O)N3C[C@H](C)O[C@@H](C)C3)cc2)nc1. The molecule has 0 saturated carbocycles. The standard InChI is InChI=1S/C19H23N3O4S/c1-13-4-9-18(20-10-13)21-19(23)16-5-7-17(8-6-16)27(24,25)22-11-14(2)26-15(3)12-22/h4-10,14-15H,11-12H2,1-3H3,(H,20,21,23)/t14-,15-/m0/s1. The van der Waals surface area contributed by atoms with E-state index in [2.05, 4.69) is 10.3 Å². The van der Waals surface area contributed by atoms with Crippen molar-refractivity contribution in [3.63, 3.8) is 0 Å². The highest BCUT2D eigenvalue weighted by Crippen LogP contribution is 2.21. The van der Waals surface area contributed by atoms with Crippen LogP contribution in [0.1, 0.15) is 29.8 Å². The summed E-state index contributed by atoms with van der Waals surface area (Å²) in [6.07, 6.45) is 1.35. The van der Waals surface area contributed by atoms with Gasteiger partial charge < -0.3 is 10.1 Å². The maximum absolute atomic E-state index is 12.8. The van der Waals surface area contributed by atoms with Gasteiger partial charge in [0.1, 0.15) is 5.82 Å². The molecule has 0 bridgehead atoms. The zero-order valence-corrected chi connectivity index (χ0v) is 16.4. The largest absolute Gasteiger partial charge is 0.373 e. The topological polar surface area (TPSA) is 88.6 Å². The summed E-state index contributed by atoms with van der Waals surface area (Å²) >= 11 is 0. The molecule has 27 heavy (non-hydrogen) atoms. The van der Waals surface area contributed by atoms with Crippen LogP contribution in [-0.4, -0.2) is 48.9 Å². The van der Waals surface area contributed by atoms with Gasteiger partial charge in [-0.2, -0.15) is 4.31 Å². The number of hydrogen-bond acceptors (Lipinski definition) is 5. The van der Waals surface area contributed by atoms with Gasteiger partial charge in [0.05, 0.1) is 17.1 Å². The van der Waals surface area contributed by atoms with E-state index < -0.39 is 10.0 Å². The van der Waals surface area contributed by atoms with Crippen molar-refractivity contribution in [2.75, 3.05) is 18.4 Å². The Balaban J connectivity index is 1.74. The van der Waals surface area contributed by atoms with E-state index >= 15 is 0 Å². The molecule has 8 heteroatoms. The molecule has 1 amide bonds. The minimum atomic E-state index is -3.62. The van der Waals surface area contributed by atoms with Crippen LogP contribution in [0.15, 0.2) is 47.5 Å². The van der Waals surface area contributed by atoms with Gasteiger partial charge in [0.15, 0.2) is 0 Å². The van der Waals surface area contributed by atoms with Crippen molar-refractivity contribution in [2.45, 2.75) is 37.9 Å². The number of sulfonamides is 1. The summed E-state index contributed by atoms with van der Waals surface area (Å²) in [4.78, 5) is 16.6. The van der Waals surface area contributed by atoms with Gasteiger partial charge in [0, 0.05) is 24.8 Å². The smallest absolute Gasteiger partial charge is 0.256 e. The summed E-state index contributed by atoms with van der Waals surface area (Å²) in [6.45, 7) is 6.24. The normalized spacial score (nSPS) is 21.0. The predicted molar refractivity (Wildman–Crippen MR) is 102 cm³/mol. The Hall–Kier alpha value is -2.29. The van der Waals surface area contributed by atoms with Crippen molar-refractivity contribution >= 4 is 21.7 Å². The first-order valence-corrected chi connectivity index (χ1v) is 10.2. The van der Waals surface area contributed by atoms with E-state index in [1.807, 2.05) is 26.8 Å². The Labute approximate surface area is 159 Å². The van der Waals surface area contributed by atoms with Gasteiger partial charge in [0.25, 0.3) is 5.91 Å². The number of hydrogen-bond donors (Lipinski definition) is 1. The number of aromatic nitrogens is 1. The Morgan fingerprint density at radius 1 is 1.11 bits per heavy atom. The molecule has 2 atom stereocenters. The number of amides is 1. The van der Waals surface area contributed by atoms with Gasteiger partial charge in [0.2, 0.25) is 10.0 Å². The van der Waals surface area contributed by atoms with Crippen molar-refractivity contribution in [2.24, 2.45) is 0 Å². The molecule has 2 heterocycles. The third kappa shape index (κ3) is 4.52. The van der Waals surface area contributed by atoms with Crippen molar-refractivity contribution in [1.82, 2.24) is 9.29 Å². The van der Waals surface area contributed by atoms with Crippen LogP contribution in [-0.2, 0) is 14.8 Å². The molecule has 0 unspecified atom stereocenters. The van der Waals surface area contributed by atoms with Crippen molar-refractivity contribution in [1.29, 1.82) is 0 Å². The molecule has 1 aromatic heterocycles. The van der Waals surface area contributed by atoms with Crippen molar-refractivity contribution in [3.05, 3.63) is 53.7 Å². The lowest BCUT2D eigenvalue weighted by Crippen LogP contribution is -2.48. The van der Waals surface area contributed by atoms with Gasteiger partial charge in [-0.1, -0.05) is 6.07 Å². The molecular weight excluding hydrogens is 366 g/mol. The molecule has 0 aliphatic carbocycles. The number of ether oxygens (including phenoxy) is 1. The highest BCUT2D eigenvalue weighted by molar-refractivity contribution is 7.89. The first-order chi connectivity index (χ1) is 12.8. The zero-order valence-electron chi connectivity index (χ0n) is 15.5. The summed E-state index contributed by atoms with van der Waals surface area (Å²) < 4.78 is 32.7. The van der Waals surface area contributed by atoms with Crippen LogP contribution in [0.25, 0.3) is 0 Å². The van der Waals surface area contributed by atoms with Crippen molar-refractivity contribution in [3.8, 4) is 0 Å². The number of rotatable bonds is 4. The summed E-state index contributed by atoms with van der Waals surface area (Å²) in [5.74, 6) is 0.0995. The Morgan fingerprint density at radius 2 is 1.74 bits per heavy atom. The van der Waals surface area contributed by atoms with Gasteiger partial charge >= 0.3 is 0 Å². The van der Waals surface area contributed by atoms with E-state index in [9.17, 15) is 13.2 Å². The number of pyridine rings is 1. The van der Waals surface area contributed by atoms with E-state index in [-0.39, 0.29) is 23.0 Å². The molecule has 2 aromatic rings. The van der Waals surface area contributed by atoms with Gasteiger partial charge in [-0.15, -0.1) is 0 Å². The minimum Gasteiger partial charge on any atom is -0.373 e. The molecule has 1 aliphatic heterocycles. The number of aryl methyl sites for hydroxylation is 1. The first kappa shape index (κ1) is 19.5. The third-order valence-electron chi connectivity index (χ3n) is 4.29. The molecule has 1 aliphatic rings. The molecule has 1 fully saturated rings. The van der Waals surface area contributed by atoms with E-state index in [0.717, 1.165) is 5.56 Å². The average Bonchev–Trinajstić information content (AvgIpc) is 2.63. The highest BCUT2D eigenvalue weighted by Gasteiger charge is 2.32. The second kappa shape index (κ2) is 7.75. The number of morpholine rings is 1. The van der Waals surface area contributed by atoms with Gasteiger partial charge in [-0.25, -0.2) is 13.4 Å². The van der Waals surface area contributed by atoms with Crippen molar-refractivity contribution < 1.29 is 17.9 Å². The van der Waals surface area contributed by atoms with Crippen LogP contribution in [0.3, 0.4) is 0 Å². The van der Waals surface area contributed by atoms with Gasteiger partial charge in [-0.05, 0) is 56.7 Å². The average molecular weight is 389 g/mol. The highest BCUT2D eigenvalue weighted by atomic mass is 32.2. The first-order valence-electron chi connectivity index (χ1n) is 8.75. The third-order valence-corrected chi connectivity index (χ3v) is 6.14. The molecule has 1 aromatic carbocycles. The summed E-state index contributed by atoms with van der Waals surface area (Å²) in [5.41, 5.74) is 1.36. The Bertz CT molecular complexity index is 901. The molecule has 1 N–H and O–H groups in total. The zero-order chi connectivity index (χ0) is 19.6. The summed E-state index contributed by atoms with van der Waals surface area (Å²) in [6, 6.07) is 9.48. The molecule has 3 rings (SSSR count). The maximum atomic E-state index is 12.8. The van der Waals surface area contributed by atoms with Crippen LogP contribution in [0.2, 0.25) is 0 Å². The fraction of sp³-hybridized carbons (Fsp3) is 0.368. The monoisotopic (exact) mass is 389 g/mol. The molecule has 0 spiro atoms. The number of carbonyl (C=O) groups excluding carboxylic acids is 1. The summed E-state index contributed by atoms with van der Waals surface area (Å²) in [7, 11) is -3.62. The molecule has 7 nitrogen and oxygen atoms in total. The second-order valence-electron chi connectivity index (χ2n) is 6.78. The number of nitrogens with one attached hydrogen (secondary N) is 1.